The van der Waals surface area contributed by atoms with Crippen LogP contribution < -0.4 is 15.8 Å². The number of aliphatic hydroxyl groups is 1. The number of nitrogens with two attached hydrogens (primary N) is 1. The number of nitro benzene ring substituents is 1. The molecule has 19 heavy (non-hydrogen) atoms. The molecular formula is C11H15N3O5. The second-order valence-corrected chi connectivity index (χ2v) is 3.72. The van der Waals surface area contributed by atoms with Gasteiger partial charge in [-0.3, -0.25) is 14.9 Å². The quantitative estimate of drug-likeness (QED) is 0.329. The van der Waals surface area contributed by atoms with Gasteiger partial charge in [0.25, 0.3) is 5.69 Å². The van der Waals surface area contributed by atoms with Crippen molar-refractivity contribution in [1.29, 1.82) is 0 Å². The first-order chi connectivity index (χ1) is 9.00. The monoisotopic (exact) mass is 269 g/mol. The molecule has 0 radical (unpaired) electrons. The molecule has 1 rings (SSSR count). The van der Waals surface area contributed by atoms with Crippen LogP contribution in [0.5, 0.6) is 5.75 Å². The highest BCUT2D eigenvalue weighted by Gasteiger charge is 2.09. The Labute approximate surface area is 109 Å². The summed E-state index contributed by atoms with van der Waals surface area (Å²) < 4.78 is 5.30. The highest BCUT2D eigenvalue weighted by Crippen LogP contribution is 2.16. The van der Waals surface area contributed by atoms with E-state index in [0.29, 0.717) is 18.9 Å². The Morgan fingerprint density at radius 1 is 1.47 bits per heavy atom. The smallest absolute Gasteiger partial charge is 0.269 e. The number of nitrogens with zero attached hydrogens (tertiary/aromatic N) is 1. The fraction of sp³-hybridized carbons (Fsp3) is 0.364. The molecule has 104 valence electrons. The lowest BCUT2D eigenvalue weighted by Gasteiger charge is -2.09. The maximum absolute atomic E-state index is 10.5. The second kappa shape index (κ2) is 7.29. The summed E-state index contributed by atoms with van der Waals surface area (Å²) in [7, 11) is 0. The minimum atomic E-state index is -1.22. The largest absolute Gasteiger partial charge is 0.492 e. The van der Waals surface area contributed by atoms with Crippen LogP contribution in [0.1, 0.15) is 0 Å². The number of nitrogens with one attached hydrogen (secondary N) is 1. The molecular weight excluding hydrogens is 254 g/mol. The van der Waals surface area contributed by atoms with Crippen LogP contribution in [-0.2, 0) is 4.79 Å². The first-order valence-corrected chi connectivity index (χ1v) is 5.56. The van der Waals surface area contributed by atoms with Crippen LogP contribution >= 0.6 is 0 Å². The minimum absolute atomic E-state index is 0.00458. The Kier molecular flexibility index (Phi) is 5.71. The number of aliphatic hydroxyl groups excluding tert-OH is 1. The topological polar surface area (TPSA) is 128 Å². The van der Waals surface area contributed by atoms with E-state index >= 15 is 0 Å². The predicted molar refractivity (Wildman–Crippen MR) is 66.7 cm³/mol. The van der Waals surface area contributed by atoms with Gasteiger partial charge in [-0.05, 0) is 12.1 Å². The summed E-state index contributed by atoms with van der Waals surface area (Å²) in [6.07, 6.45) is -1.22. The third kappa shape index (κ3) is 5.32. The fourth-order valence-electron chi connectivity index (χ4n) is 1.24. The molecule has 1 atom stereocenters. The summed E-state index contributed by atoms with van der Waals surface area (Å²) in [6, 6.07) is 5.69. The van der Waals surface area contributed by atoms with E-state index in [1.807, 2.05) is 0 Å². The molecule has 4 N–H and O–H groups in total. The van der Waals surface area contributed by atoms with Crippen molar-refractivity contribution in [2.24, 2.45) is 5.73 Å². The number of rotatable bonds is 8. The van der Waals surface area contributed by atoms with Crippen molar-refractivity contribution < 1.29 is 19.6 Å². The molecule has 1 amide bonds. The van der Waals surface area contributed by atoms with E-state index in [-0.39, 0.29) is 12.2 Å². The SMILES string of the molecule is NC(=O)C(O)CNCCOc1ccc([N+](=O)[O-])cc1. The number of nitro groups is 1. The molecule has 0 aliphatic heterocycles. The van der Waals surface area contributed by atoms with Gasteiger partial charge in [0.1, 0.15) is 18.5 Å². The van der Waals surface area contributed by atoms with Crippen LogP contribution in [0.25, 0.3) is 0 Å². The molecule has 0 aliphatic carbocycles. The number of carbonyl (C=O) groups excluding carboxylic acids is 1. The van der Waals surface area contributed by atoms with Crippen molar-refractivity contribution in [3.05, 3.63) is 34.4 Å². The maximum atomic E-state index is 10.5. The van der Waals surface area contributed by atoms with E-state index in [1.165, 1.54) is 24.3 Å². The molecule has 0 saturated carbocycles. The first-order valence-electron chi connectivity index (χ1n) is 5.56. The second-order valence-electron chi connectivity index (χ2n) is 3.72. The van der Waals surface area contributed by atoms with Crippen LogP contribution in [-0.4, -0.2) is 41.7 Å². The third-order valence-electron chi connectivity index (χ3n) is 2.26. The lowest BCUT2D eigenvalue weighted by molar-refractivity contribution is -0.384. The van der Waals surface area contributed by atoms with Crippen LogP contribution in [0.15, 0.2) is 24.3 Å². The Balaban J connectivity index is 2.22. The van der Waals surface area contributed by atoms with E-state index in [1.54, 1.807) is 0 Å². The zero-order valence-corrected chi connectivity index (χ0v) is 10.1. The number of carbonyl (C=O) groups is 1. The number of primary amides is 1. The normalized spacial score (nSPS) is 11.8. The lowest BCUT2D eigenvalue weighted by Crippen LogP contribution is -2.38. The van der Waals surface area contributed by atoms with E-state index in [9.17, 15) is 14.9 Å². The molecule has 8 nitrogen and oxygen atoms in total. The van der Waals surface area contributed by atoms with Crippen LogP contribution in [0.2, 0.25) is 0 Å². The maximum Gasteiger partial charge on any atom is 0.269 e. The first kappa shape index (κ1) is 14.9. The van der Waals surface area contributed by atoms with Gasteiger partial charge < -0.3 is 20.9 Å². The molecule has 8 heteroatoms. The summed E-state index contributed by atoms with van der Waals surface area (Å²) in [5.74, 6) is -0.286. The van der Waals surface area contributed by atoms with Crippen LogP contribution in [0.3, 0.4) is 0 Å². The average Bonchev–Trinajstić information content (AvgIpc) is 2.38. The predicted octanol–water partition coefficient (Wildman–Crippen LogP) is -0.591. The molecule has 0 fully saturated rings. The summed E-state index contributed by atoms with van der Waals surface area (Å²) in [5, 5.41) is 22.3. The molecule has 0 saturated heterocycles. The molecule has 1 aromatic carbocycles. The summed E-state index contributed by atoms with van der Waals surface area (Å²) in [5.41, 5.74) is 4.86. The highest BCUT2D eigenvalue weighted by molar-refractivity contribution is 5.78. The van der Waals surface area contributed by atoms with Gasteiger partial charge in [0.2, 0.25) is 5.91 Å². The fourth-order valence-corrected chi connectivity index (χ4v) is 1.24. The zero-order chi connectivity index (χ0) is 14.3. The number of benzene rings is 1. The van der Waals surface area contributed by atoms with Gasteiger partial charge in [0.15, 0.2) is 0 Å². The van der Waals surface area contributed by atoms with Crippen molar-refractivity contribution >= 4 is 11.6 Å². The van der Waals surface area contributed by atoms with Gasteiger partial charge in [-0.15, -0.1) is 0 Å². The molecule has 0 spiro atoms. The molecule has 1 aromatic rings. The van der Waals surface area contributed by atoms with Crippen molar-refractivity contribution in [3.8, 4) is 5.75 Å². The third-order valence-corrected chi connectivity index (χ3v) is 2.26. The van der Waals surface area contributed by atoms with Gasteiger partial charge in [0, 0.05) is 25.2 Å². The molecule has 0 aliphatic rings. The Bertz CT molecular complexity index is 434. The van der Waals surface area contributed by atoms with E-state index < -0.39 is 16.9 Å². The van der Waals surface area contributed by atoms with E-state index in [2.05, 4.69) is 5.32 Å². The standard InChI is InChI=1S/C11H15N3O5/c12-11(16)10(15)7-13-5-6-19-9-3-1-8(2-4-9)14(17)18/h1-4,10,13,15H,5-7H2,(H2,12,16). The minimum Gasteiger partial charge on any atom is -0.492 e. The average molecular weight is 269 g/mol. The number of hydrogen-bond acceptors (Lipinski definition) is 6. The van der Waals surface area contributed by atoms with Gasteiger partial charge in [-0.25, -0.2) is 0 Å². The number of amides is 1. The highest BCUT2D eigenvalue weighted by atomic mass is 16.6. The molecule has 0 bridgehead atoms. The van der Waals surface area contributed by atoms with Crippen molar-refractivity contribution in [3.63, 3.8) is 0 Å². The van der Waals surface area contributed by atoms with E-state index in [4.69, 9.17) is 15.6 Å². The van der Waals surface area contributed by atoms with Crippen molar-refractivity contribution in [2.75, 3.05) is 19.7 Å². The summed E-state index contributed by atoms with van der Waals surface area (Å²) in [4.78, 5) is 20.5. The van der Waals surface area contributed by atoms with E-state index in [0.717, 1.165) is 0 Å². The molecule has 0 heterocycles. The molecule has 0 aromatic heterocycles. The van der Waals surface area contributed by atoms with Crippen molar-refractivity contribution in [1.82, 2.24) is 5.32 Å². The molecule has 1 unspecified atom stereocenters. The Morgan fingerprint density at radius 3 is 2.63 bits per heavy atom. The van der Waals surface area contributed by atoms with Crippen LogP contribution in [0.4, 0.5) is 5.69 Å². The van der Waals surface area contributed by atoms with Crippen molar-refractivity contribution in [2.45, 2.75) is 6.10 Å². The number of hydrogen-bond donors (Lipinski definition) is 3. The number of ether oxygens (including phenoxy) is 1. The summed E-state index contributed by atoms with van der Waals surface area (Å²) >= 11 is 0. The van der Waals surface area contributed by atoms with Gasteiger partial charge in [-0.2, -0.15) is 0 Å². The summed E-state index contributed by atoms with van der Waals surface area (Å²) in [6.45, 7) is 0.754. The lowest BCUT2D eigenvalue weighted by atomic mass is 10.3. The number of non-ortho nitro benzene ring substituents is 1. The van der Waals surface area contributed by atoms with Gasteiger partial charge in [-0.1, -0.05) is 0 Å². The van der Waals surface area contributed by atoms with Crippen LogP contribution in [0, 0.1) is 10.1 Å². The van der Waals surface area contributed by atoms with Gasteiger partial charge >= 0.3 is 0 Å². The zero-order valence-electron chi connectivity index (χ0n) is 10.1. The van der Waals surface area contributed by atoms with Gasteiger partial charge in [0.05, 0.1) is 4.92 Å². The Hall–Kier alpha value is -2.19. The Morgan fingerprint density at radius 2 is 2.11 bits per heavy atom.